The molecule has 158 valence electrons. The van der Waals surface area contributed by atoms with Crippen LogP contribution in [0, 0.1) is 0 Å². The van der Waals surface area contributed by atoms with Gasteiger partial charge in [-0.1, -0.05) is 24.3 Å². The lowest BCUT2D eigenvalue weighted by molar-refractivity contribution is 0.101. The zero-order valence-corrected chi connectivity index (χ0v) is 17.0. The molecule has 1 amide bonds. The van der Waals surface area contributed by atoms with Gasteiger partial charge in [0.1, 0.15) is 13.2 Å². The van der Waals surface area contributed by atoms with Gasteiger partial charge in [0.15, 0.2) is 11.5 Å². The third kappa shape index (κ3) is 4.09. The van der Waals surface area contributed by atoms with Crippen LogP contribution >= 0.6 is 0 Å². The first-order valence-corrected chi connectivity index (χ1v) is 10.3. The predicted octanol–water partition coefficient (Wildman–Crippen LogP) is 2.83. The molecule has 0 radical (unpaired) electrons. The molecule has 5 rings (SSSR count). The average molecular weight is 417 g/mol. The third-order valence-electron chi connectivity index (χ3n) is 5.39. The standard InChI is InChI=1S/C23H23N5O3/c29-22(19-7-4-8-20-21(19)31-14-13-30-20)26-17-15-24-23(25-16-17)28-11-9-27(10-12-28)18-5-2-1-3-6-18/h1-8,15-16H,9-14H2,(H,26,29). The molecule has 1 N–H and O–H groups in total. The number of ether oxygens (including phenoxy) is 2. The zero-order valence-electron chi connectivity index (χ0n) is 17.0. The van der Waals surface area contributed by atoms with Crippen molar-refractivity contribution in [1.82, 2.24) is 9.97 Å². The first kappa shape index (κ1) is 19.2. The number of hydrogen-bond donors (Lipinski definition) is 1. The van der Waals surface area contributed by atoms with Gasteiger partial charge in [-0.3, -0.25) is 4.79 Å². The Bertz CT molecular complexity index is 1050. The summed E-state index contributed by atoms with van der Waals surface area (Å²) in [7, 11) is 0. The second-order valence-electron chi connectivity index (χ2n) is 7.37. The monoisotopic (exact) mass is 417 g/mol. The number of carbonyl (C=O) groups is 1. The van der Waals surface area contributed by atoms with E-state index in [0.717, 1.165) is 26.2 Å². The van der Waals surface area contributed by atoms with Gasteiger partial charge in [-0.05, 0) is 24.3 Å². The zero-order chi connectivity index (χ0) is 21.0. The topological polar surface area (TPSA) is 79.8 Å². The molecule has 8 nitrogen and oxygen atoms in total. The van der Waals surface area contributed by atoms with E-state index in [1.165, 1.54) is 5.69 Å². The van der Waals surface area contributed by atoms with E-state index in [1.807, 2.05) is 6.07 Å². The lowest BCUT2D eigenvalue weighted by Gasteiger charge is -2.36. The molecule has 0 saturated carbocycles. The highest BCUT2D eigenvalue weighted by Gasteiger charge is 2.22. The molecule has 2 aromatic carbocycles. The van der Waals surface area contributed by atoms with Crippen LogP contribution in [0.4, 0.5) is 17.3 Å². The number of piperazine rings is 1. The third-order valence-corrected chi connectivity index (χ3v) is 5.39. The Balaban J connectivity index is 1.22. The maximum Gasteiger partial charge on any atom is 0.259 e. The summed E-state index contributed by atoms with van der Waals surface area (Å²) in [6.07, 6.45) is 3.27. The molecule has 0 unspecified atom stereocenters. The lowest BCUT2D eigenvalue weighted by atomic mass is 10.1. The quantitative estimate of drug-likeness (QED) is 0.699. The van der Waals surface area contributed by atoms with E-state index in [9.17, 15) is 4.79 Å². The molecular weight excluding hydrogens is 394 g/mol. The maximum atomic E-state index is 12.7. The van der Waals surface area contributed by atoms with Crippen LogP contribution in [0.5, 0.6) is 11.5 Å². The molecule has 31 heavy (non-hydrogen) atoms. The number of amides is 1. The van der Waals surface area contributed by atoms with Crippen LogP contribution in [-0.4, -0.2) is 55.3 Å². The highest BCUT2D eigenvalue weighted by Crippen LogP contribution is 2.34. The Hall–Kier alpha value is -3.81. The number of fused-ring (bicyclic) bond motifs is 1. The molecule has 2 aliphatic heterocycles. The van der Waals surface area contributed by atoms with Crippen LogP contribution in [0.2, 0.25) is 0 Å². The van der Waals surface area contributed by atoms with Gasteiger partial charge in [-0.25, -0.2) is 9.97 Å². The largest absolute Gasteiger partial charge is 0.486 e. The summed E-state index contributed by atoms with van der Waals surface area (Å²) in [6, 6.07) is 15.7. The minimum absolute atomic E-state index is 0.282. The first-order chi connectivity index (χ1) is 15.3. The normalized spacial score (nSPS) is 15.5. The lowest BCUT2D eigenvalue weighted by Crippen LogP contribution is -2.47. The Labute approximate surface area is 180 Å². The number of para-hydroxylation sites is 2. The smallest absolute Gasteiger partial charge is 0.259 e. The molecule has 3 heterocycles. The summed E-state index contributed by atoms with van der Waals surface area (Å²) < 4.78 is 11.2. The molecule has 0 bridgehead atoms. The molecule has 0 atom stereocenters. The van der Waals surface area contributed by atoms with Crippen molar-refractivity contribution in [1.29, 1.82) is 0 Å². The minimum Gasteiger partial charge on any atom is -0.486 e. The first-order valence-electron chi connectivity index (χ1n) is 10.3. The fourth-order valence-corrected chi connectivity index (χ4v) is 3.80. The van der Waals surface area contributed by atoms with Gasteiger partial charge in [0, 0.05) is 31.9 Å². The van der Waals surface area contributed by atoms with E-state index >= 15 is 0 Å². The number of carbonyl (C=O) groups excluding carboxylic acids is 1. The van der Waals surface area contributed by atoms with Crippen molar-refractivity contribution in [2.45, 2.75) is 0 Å². The van der Waals surface area contributed by atoms with E-state index in [4.69, 9.17) is 9.47 Å². The molecule has 1 aromatic heterocycles. The maximum absolute atomic E-state index is 12.7. The van der Waals surface area contributed by atoms with Crippen LogP contribution in [0.15, 0.2) is 60.9 Å². The molecule has 1 fully saturated rings. The number of aromatic nitrogens is 2. The second kappa shape index (κ2) is 8.51. The SMILES string of the molecule is O=C(Nc1cnc(N2CCN(c3ccccc3)CC2)nc1)c1cccc2c1OCCO2. The highest BCUT2D eigenvalue weighted by molar-refractivity contribution is 6.06. The van der Waals surface area contributed by atoms with Crippen LogP contribution in [-0.2, 0) is 0 Å². The molecule has 3 aromatic rings. The van der Waals surface area contributed by atoms with Gasteiger partial charge in [0.25, 0.3) is 5.91 Å². The number of anilines is 3. The number of nitrogens with zero attached hydrogens (tertiary/aromatic N) is 4. The Morgan fingerprint density at radius 1 is 0.839 bits per heavy atom. The average Bonchev–Trinajstić information content (AvgIpc) is 2.85. The van der Waals surface area contributed by atoms with Crippen molar-refractivity contribution >= 4 is 23.2 Å². The van der Waals surface area contributed by atoms with Crippen LogP contribution in [0.3, 0.4) is 0 Å². The summed E-state index contributed by atoms with van der Waals surface area (Å²) in [4.78, 5) is 26.2. The van der Waals surface area contributed by atoms with Gasteiger partial charge in [-0.2, -0.15) is 0 Å². The Morgan fingerprint density at radius 3 is 2.32 bits per heavy atom. The van der Waals surface area contributed by atoms with E-state index in [1.54, 1.807) is 30.6 Å². The summed E-state index contributed by atoms with van der Waals surface area (Å²) in [5, 5.41) is 2.84. The highest BCUT2D eigenvalue weighted by atomic mass is 16.6. The molecule has 0 spiro atoms. The predicted molar refractivity (Wildman–Crippen MR) is 118 cm³/mol. The molecule has 0 aliphatic carbocycles. The summed E-state index contributed by atoms with van der Waals surface area (Å²) in [5.41, 5.74) is 2.20. The Morgan fingerprint density at radius 2 is 1.55 bits per heavy atom. The molecular formula is C23H23N5O3. The van der Waals surface area contributed by atoms with Gasteiger partial charge in [-0.15, -0.1) is 0 Å². The van der Waals surface area contributed by atoms with E-state index < -0.39 is 0 Å². The fraction of sp³-hybridized carbons (Fsp3) is 0.261. The van der Waals surface area contributed by atoms with Crippen molar-refractivity contribution in [3.8, 4) is 11.5 Å². The minimum atomic E-state index is -0.282. The summed E-state index contributed by atoms with van der Waals surface area (Å²) >= 11 is 0. The van der Waals surface area contributed by atoms with Crippen LogP contribution in [0.25, 0.3) is 0 Å². The number of nitrogens with one attached hydrogen (secondary N) is 1. The second-order valence-corrected chi connectivity index (χ2v) is 7.37. The molecule has 2 aliphatic rings. The number of rotatable bonds is 4. The van der Waals surface area contributed by atoms with E-state index in [2.05, 4.69) is 49.4 Å². The number of benzene rings is 2. The summed E-state index contributed by atoms with van der Waals surface area (Å²) in [5.74, 6) is 1.44. The Kier molecular flexibility index (Phi) is 5.26. The molecule has 8 heteroatoms. The van der Waals surface area contributed by atoms with Gasteiger partial charge in [0.2, 0.25) is 5.95 Å². The molecule has 1 saturated heterocycles. The van der Waals surface area contributed by atoms with Crippen molar-refractivity contribution < 1.29 is 14.3 Å². The van der Waals surface area contributed by atoms with Crippen molar-refractivity contribution in [3.05, 3.63) is 66.5 Å². The van der Waals surface area contributed by atoms with E-state index in [-0.39, 0.29) is 5.91 Å². The van der Waals surface area contributed by atoms with Gasteiger partial charge in [0.05, 0.1) is 23.6 Å². The van der Waals surface area contributed by atoms with Crippen molar-refractivity contribution in [2.24, 2.45) is 0 Å². The van der Waals surface area contributed by atoms with Crippen LogP contribution < -0.4 is 24.6 Å². The van der Waals surface area contributed by atoms with Gasteiger partial charge >= 0.3 is 0 Å². The number of hydrogen-bond acceptors (Lipinski definition) is 7. The van der Waals surface area contributed by atoms with Crippen molar-refractivity contribution in [3.63, 3.8) is 0 Å². The fourth-order valence-electron chi connectivity index (χ4n) is 3.80. The van der Waals surface area contributed by atoms with Crippen molar-refractivity contribution in [2.75, 3.05) is 54.5 Å². The van der Waals surface area contributed by atoms with E-state index in [0.29, 0.717) is 41.9 Å². The summed E-state index contributed by atoms with van der Waals surface area (Å²) in [6.45, 7) is 4.40. The van der Waals surface area contributed by atoms with Gasteiger partial charge < -0.3 is 24.6 Å². The van der Waals surface area contributed by atoms with Crippen LogP contribution in [0.1, 0.15) is 10.4 Å².